The molecule has 9 N–H and O–H groups in total. The molecule has 3 aromatic heterocycles. The highest BCUT2D eigenvalue weighted by Crippen LogP contribution is 2.14. The van der Waals surface area contributed by atoms with Crippen molar-refractivity contribution in [1.82, 2.24) is 35.8 Å². The zero-order chi connectivity index (χ0) is 34.1. The van der Waals surface area contributed by atoms with Gasteiger partial charge in [0.2, 0.25) is 0 Å². The van der Waals surface area contributed by atoms with Crippen molar-refractivity contribution < 1.29 is 29.7 Å². The lowest BCUT2D eigenvalue weighted by Crippen LogP contribution is -2.48. The van der Waals surface area contributed by atoms with E-state index in [1.165, 1.54) is 18.2 Å². The summed E-state index contributed by atoms with van der Waals surface area (Å²) in [4.78, 5) is 83.4. The van der Waals surface area contributed by atoms with Crippen molar-refractivity contribution in [3.05, 3.63) is 83.0 Å². The summed E-state index contributed by atoms with van der Waals surface area (Å²) in [5.41, 5.74) is -1.83. The minimum absolute atomic E-state index is 0.0486. The van der Waals surface area contributed by atoms with Crippen LogP contribution in [0.2, 0.25) is 0 Å². The molecule has 3 aromatic rings. The number of aryl methyl sites for hydroxylation is 3. The van der Waals surface area contributed by atoms with E-state index in [4.69, 9.17) is 0 Å². The molecular formula is C30H39N7O9. The zero-order valence-corrected chi connectivity index (χ0v) is 26.0. The second-order valence-electron chi connectivity index (χ2n) is 10.9. The third-order valence-electron chi connectivity index (χ3n) is 7.04. The van der Waals surface area contributed by atoms with Crippen LogP contribution in [0.25, 0.3) is 0 Å². The number of aromatic amines is 3. The first-order valence-corrected chi connectivity index (χ1v) is 14.6. The van der Waals surface area contributed by atoms with E-state index in [0.717, 1.165) is 0 Å². The number of hydrogen-bond acceptors (Lipinski definition) is 10. The summed E-state index contributed by atoms with van der Waals surface area (Å²) in [5, 5.41) is 38.4. The maximum absolute atomic E-state index is 13.1. The summed E-state index contributed by atoms with van der Waals surface area (Å²) >= 11 is 0. The maximum atomic E-state index is 13.1. The summed E-state index contributed by atoms with van der Waals surface area (Å²) in [5.74, 6) is -4.17. The molecule has 1 unspecified atom stereocenters. The predicted molar refractivity (Wildman–Crippen MR) is 168 cm³/mol. The molecule has 0 aliphatic heterocycles. The molecular weight excluding hydrogens is 602 g/mol. The molecule has 248 valence electrons. The molecule has 0 aliphatic rings. The van der Waals surface area contributed by atoms with E-state index < -0.39 is 57.7 Å². The van der Waals surface area contributed by atoms with Crippen molar-refractivity contribution in [2.24, 2.45) is 0 Å². The van der Waals surface area contributed by atoms with Crippen molar-refractivity contribution in [2.45, 2.75) is 46.6 Å². The molecule has 3 rings (SSSR count). The van der Waals surface area contributed by atoms with Crippen LogP contribution in [0.4, 0.5) is 0 Å². The molecule has 3 heterocycles. The van der Waals surface area contributed by atoms with Crippen molar-refractivity contribution in [2.75, 3.05) is 32.7 Å². The molecule has 3 amide bonds. The lowest BCUT2D eigenvalue weighted by Gasteiger charge is -2.28. The largest absolute Gasteiger partial charge is 0.502 e. The van der Waals surface area contributed by atoms with Crippen molar-refractivity contribution in [1.29, 1.82) is 0 Å². The normalized spacial score (nSPS) is 11.7. The topological polar surface area (TPSA) is 250 Å². The number of hydrogen-bond donors (Lipinski definition) is 9. The van der Waals surface area contributed by atoms with Gasteiger partial charge < -0.3 is 46.2 Å². The molecule has 0 aliphatic carbocycles. The number of aromatic nitrogens is 3. The number of nitrogens with one attached hydrogen (secondary N) is 6. The fraction of sp³-hybridized carbons (Fsp3) is 0.400. The molecule has 0 saturated carbocycles. The molecule has 16 nitrogen and oxygen atoms in total. The number of carbonyl (C=O) groups excluding carboxylic acids is 3. The van der Waals surface area contributed by atoms with E-state index in [2.05, 4.69) is 30.9 Å². The molecule has 0 spiro atoms. The third-order valence-corrected chi connectivity index (χ3v) is 7.04. The number of amides is 3. The van der Waals surface area contributed by atoms with E-state index in [9.17, 15) is 44.1 Å². The second kappa shape index (κ2) is 15.6. The summed E-state index contributed by atoms with van der Waals surface area (Å²) in [6.07, 6.45) is 1.17. The fourth-order valence-corrected chi connectivity index (χ4v) is 4.84. The Bertz CT molecular complexity index is 1690. The molecule has 0 aromatic carbocycles. The van der Waals surface area contributed by atoms with Gasteiger partial charge in [0, 0.05) is 55.8 Å². The Morgan fingerprint density at radius 3 is 1.43 bits per heavy atom. The van der Waals surface area contributed by atoms with Gasteiger partial charge in [-0.25, -0.2) is 0 Å². The highest BCUT2D eigenvalue weighted by atomic mass is 16.3. The van der Waals surface area contributed by atoms with Gasteiger partial charge in [0.25, 0.3) is 34.4 Å². The van der Waals surface area contributed by atoms with Gasteiger partial charge in [-0.1, -0.05) is 13.3 Å². The van der Waals surface area contributed by atoms with E-state index in [1.807, 2.05) is 11.8 Å². The van der Waals surface area contributed by atoms with Gasteiger partial charge in [0.15, 0.2) is 17.2 Å². The van der Waals surface area contributed by atoms with Crippen LogP contribution in [0, 0.1) is 20.8 Å². The van der Waals surface area contributed by atoms with Gasteiger partial charge in [0.05, 0.1) is 16.7 Å². The van der Waals surface area contributed by atoms with Crippen molar-refractivity contribution in [3.8, 4) is 17.2 Å². The van der Waals surface area contributed by atoms with Gasteiger partial charge >= 0.3 is 0 Å². The number of H-pyrrole nitrogens is 3. The number of rotatable bonds is 14. The molecule has 0 saturated heterocycles. The van der Waals surface area contributed by atoms with Crippen LogP contribution >= 0.6 is 0 Å². The van der Waals surface area contributed by atoms with Crippen molar-refractivity contribution in [3.63, 3.8) is 0 Å². The first-order valence-electron chi connectivity index (χ1n) is 14.6. The zero-order valence-electron chi connectivity index (χ0n) is 26.0. The van der Waals surface area contributed by atoms with Crippen LogP contribution in [0.3, 0.4) is 0 Å². The highest BCUT2D eigenvalue weighted by Gasteiger charge is 2.22. The summed E-state index contributed by atoms with van der Waals surface area (Å²) in [7, 11) is 0. The minimum atomic E-state index is -0.802. The Morgan fingerprint density at radius 2 is 1.07 bits per heavy atom. The van der Waals surface area contributed by atoms with E-state index >= 15 is 0 Å². The standard InChI is InChI=1S/C30H39N7O9/c1-5-6-18(36-27(43)21-13-17(4)35-30(46)24(21)40)14-37(9-7-31-25(41)19-11-15(2)33-28(44)22(19)38)10-8-32-26(42)20-12-16(3)34-29(45)23(20)39/h11-13,18,38-40H,5-10,14H2,1-4H3,(H,31,41)(H,32,42)(H,33,44)(H,34,45)(H,35,46)(H,36,43). The van der Waals surface area contributed by atoms with Crippen LogP contribution in [-0.4, -0.2) is 91.7 Å². The Balaban J connectivity index is 1.76. The molecule has 0 fully saturated rings. The van der Waals surface area contributed by atoms with Crippen LogP contribution in [-0.2, 0) is 0 Å². The van der Waals surface area contributed by atoms with Gasteiger partial charge in [-0.15, -0.1) is 0 Å². The quantitative estimate of drug-likeness (QED) is 0.113. The Hall–Kier alpha value is -5.38. The predicted octanol–water partition coefficient (Wildman–Crippen LogP) is -0.146. The molecule has 46 heavy (non-hydrogen) atoms. The number of nitrogens with zero attached hydrogens (tertiary/aromatic N) is 1. The van der Waals surface area contributed by atoms with Crippen LogP contribution in [0.5, 0.6) is 17.2 Å². The first-order chi connectivity index (χ1) is 21.7. The molecule has 16 heteroatoms. The summed E-state index contributed by atoms with van der Waals surface area (Å²) in [6, 6.07) is 3.55. The molecule has 0 bridgehead atoms. The Labute approximate surface area is 262 Å². The average Bonchev–Trinajstić information content (AvgIpc) is 2.98. The molecule has 0 radical (unpaired) electrons. The molecule has 1 atom stereocenters. The summed E-state index contributed by atoms with van der Waals surface area (Å²) < 4.78 is 0. The van der Waals surface area contributed by atoms with Crippen LogP contribution < -0.4 is 32.6 Å². The number of carbonyl (C=O) groups is 3. The van der Waals surface area contributed by atoms with Gasteiger partial charge in [-0.05, 0) is 45.4 Å². The SMILES string of the molecule is CCCC(CN(CCNC(=O)c1cc(C)[nH]c(=O)c1O)CCNC(=O)c1cc(C)[nH]c(=O)c1O)NC(=O)c1cc(C)[nH]c(=O)c1O. The third kappa shape index (κ3) is 9.07. The lowest BCUT2D eigenvalue weighted by atomic mass is 10.1. The van der Waals surface area contributed by atoms with E-state index in [0.29, 0.717) is 29.9 Å². The number of aromatic hydroxyl groups is 3. The lowest BCUT2D eigenvalue weighted by molar-refractivity contribution is 0.0917. The second-order valence-corrected chi connectivity index (χ2v) is 10.9. The van der Waals surface area contributed by atoms with Crippen molar-refractivity contribution >= 4 is 17.7 Å². The van der Waals surface area contributed by atoms with Gasteiger partial charge in [0.1, 0.15) is 0 Å². The Morgan fingerprint density at radius 1 is 0.696 bits per heavy atom. The monoisotopic (exact) mass is 641 g/mol. The highest BCUT2D eigenvalue weighted by molar-refractivity contribution is 5.98. The number of pyridine rings is 3. The fourth-order valence-electron chi connectivity index (χ4n) is 4.84. The minimum Gasteiger partial charge on any atom is -0.502 e. The van der Waals surface area contributed by atoms with Crippen LogP contribution in [0.15, 0.2) is 32.6 Å². The van der Waals surface area contributed by atoms with E-state index in [1.54, 1.807) is 20.8 Å². The summed E-state index contributed by atoms with van der Waals surface area (Å²) in [6.45, 7) is 7.33. The Kier molecular flexibility index (Phi) is 11.9. The smallest absolute Gasteiger partial charge is 0.291 e. The van der Waals surface area contributed by atoms with Gasteiger partial charge in [-0.2, -0.15) is 0 Å². The average molecular weight is 642 g/mol. The van der Waals surface area contributed by atoms with E-state index in [-0.39, 0.29) is 49.4 Å². The van der Waals surface area contributed by atoms with Crippen LogP contribution in [0.1, 0.15) is 67.9 Å². The van der Waals surface area contributed by atoms with Gasteiger partial charge in [-0.3, -0.25) is 33.7 Å². The first kappa shape index (κ1) is 35.1. The maximum Gasteiger partial charge on any atom is 0.291 e.